The highest BCUT2D eigenvalue weighted by atomic mass is 16.8. The van der Waals surface area contributed by atoms with Gasteiger partial charge in [0.1, 0.15) is 17.3 Å². The van der Waals surface area contributed by atoms with E-state index in [1.807, 2.05) is 6.92 Å². The fourth-order valence-corrected chi connectivity index (χ4v) is 10.8. The van der Waals surface area contributed by atoms with Crippen molar-refractivity contribution in [1.29, 1.82) is 0 Å². The van der Waals surface area contributed by atoms with Gasteiger partial charge in [-0.2, -0.15) is 0 Å². The molecule has 0 radical (unpaired) electrons. The van der Waals surface area contributed by atoms with Gasteiger partial charge in [0, 0.05) is 31.4 Å². The average molecular weight is 589 g/mol. The minimum Gasteiger partial charge on any atom is -0.431 e. The zero-order valence-corrected chi connectivity index (χ0v) is 24.4. The van der Waals surface area contributed by atoms with Gasteiger partial charge < -0.3 is 43.4 Å². The number of ether oxygens (including phenoxy) is 5. The van der Waals surface area contributed by atoms with Gasteiger partial charge in [-0.3, -0.25) is 4.79 Å². The van der Waals surface area contributed by atoms with E-state index in [1.54, 1.807) is 13.0 Å². The molecule has 1 spiro atoms. The summed E-state index contributed by atoms with van der Waals surface area (Å²) in [6, 6.07) is 2.96. The van der Waals surface area contributed by atoms with E-state index in [-0.39, 0.29) is 18.1 Å². The number of hydrogen-bond acceptors (Lipinski definition) is 11. The number of epoxide rings is 1. The first kappa shape index (κ1) is 27.8. The number of ketones is 1. The Morgan fingerprint density at radius 1 is 1.02 bits per heavy atom. The molecular weight excluding hydrogens is 548 g/mol. The van der Waals surface area contributed by atoms with E-state index < -0.39 is 81.8 Å². The summed E-state index contributed by atoms with van der Waals surface area (Å²) in [4.78, 5) is 26.0. The van der Waals surface area contributed by atoms with Crippen molar-refractivity contribution >= 4 is 5.78 Å². The molecule has 0 amide bonds. The molecule has 1 aromatic heterocycles. The second-order valence-corrected chi connectivity index (χ2v) is 14.4. The van der Waals surface area contributed by atoms with Crippen LogP contribution in [0.3, 0.4) is 0 Å². The lowest BCUT2D eigenvalue weighted by Gasteiger charge is -2.63. The lowest BCUT2D eigenvalue weighted by atomic mass is 9.41. The highest BCUT2D eigenvalue weighted by Gasteiger charge is 2.88. The first-order valence-electron chi connectivity index (χ1n) is 15.3. The maximum atomic E-state index is 14.4. The Balaban J connectivity index is 1.18. The van der Waals surface area contributed by atoms with Crippen LogP contribution in [0.1, 0.15) is 70.8 Å². The van der Waals surface area contributed by atoms with Crippen LogP contribution in [0.5, 0.6) is 0 Å². The molecule has 2 bridgehead atoms. The predicted octanol–water partition coefficient (Wildman–Crippen LogP) is 1.39. The summed E-state index contributed by atoms with van der Waals surface area (Å²) in [5, 5.41) is 35.8. The van der Waals surface area contributed by atoms with Crippen LogP contribution in [0.25, 0.3) is 0 Å². The highest BCUT2D eigenvalue weighted by molar-refractivity contribution is 5.94. The molecule has 11 nitrogen and oxygen atoms in total. The molecule has 3 aliphatic heterocycles. The number of hydrogen-bond donors (Lipinski definition) is 3. The zero-order valence-electron chi connectivity index (χ0n) is 24.4. The molecule has 3 N–H and O–H groups in total. The van der Waals surface area contributed by atoms with Crippen LogP contribution >= 0.6 is 0 Å². The Kier molecular flexibility index (Phi) is 5.64. The highest BCUT2D eigenvalue weighted by Crippen LogP contribution is 2.77. The molecule has 1 aromatic rings. The summed E-state index contributed by atoms with van der Waals surface area (Å²) in [5.41, 5.74) is -4.44. The van der Waals surface area contributed by atoms with Gasteiger partial charge >= 0.3 is 5.63 Å². The molecule has 42 heavy (non-hydrogen) atoms. The minimum absolute atomic E-state index is 0.00586. The van der Waals surface area contributed by atoms with Crippen molar-refractivity contribution in [2.45, 2.75) is 125 Å². The van der Waals surface area contributed by atoms with Crippen LogP contribution in [0.2, 0.25) is 0 Å². The van der Waals surface area contributed by atoms with Crippen molar-refractivity contribution in [1.82, 2.24) is 0 Å². The molecule has 11 heteroatoms. The van der Waals surface area contributed by atoms with E-state index in [0.29, 0.717) is 44.1 Å². The van der Waals surface area contributed by atoms with Crippen LogP contribution < -0.4 is 5.63 Å². The van der Waals surface area contributed by atoms with Gasteiger partial charge in [0.2, 0.25) is 5.79 Å². The summed E-state index contributed by atoms with van der Waals surface area (Å²) < 4.78 is 36.5. The number of aliphatic hydroxyl groups excluding tert-OH is 2. The Labute approximate surface area is 243 Å². The Morgan fingerprint density at radius 3 is 2.52 bits per heavy atom. The predicted molar refractivity (Wildman–Crippen MR) is 142 cm³/mol. The number of aliphatic hydroxyl groups is 3. The van der Waals surface area contributed by atoms with Gasteiger partial charge in [0.25, 0.3) is 0 Å². The Hall–Kier alpha value is -1.70. The number of fused-ring (bicyclic) bond motifs is 6. The third kappa shape index (κ3) is 3.09. The zero-order chi connectivity index (χ0) is 29.6. The second-order valence-electron chi connectivity index (χ2n) is 14.4. The maximum absolute atomic E-state index is 14.4. The minimum atomic E-state index is -1.52. The van der Waals surface area contributed by atoms with Crippen molar-refractivity contribution in [3.63, 3.8) is 0 Å². The van der Waals surface area contributed by atoms with E-state index >= 15 is 0 Å². The van der Waals surface area contributed by atoms with Crippen LogP contribution in [0.4, 0.5) is 0 Å². The van der Waals surface area contributed by atoms with Gasteiger partial charge in [-0.1, -0.05) is 6.92 Å². The lowest BCUT2D eigenvalue weighted by molar-refractivity contribution is -0.351. The topological polar surface area (TPSA) is 157 Å². The van der Waals surface area contributed by atoms with Crippen molar-refractivity contribution in [2.75, 3.05) is 7.11 Å². The largest absolute Gasteiger partial charge is 0.431 e. The monoisotopic (exact) mass is 588 g/mol. The van der Waals surface area contributed by atoms with Crippen LogP contribution in [0.15, 0.2) is 27.6 Å². The molecule has 1 unspecified atom stereocenters. The van der Waals surface area contributed by atoms with E-state index in [2.05, 4.69) is 6.92 Å². The van der Waals surface area contributed by atoms with Crippen molar-refractivity contribution in [3.05, 3.63) is 34.4 Å². The number of Topliss-reactive ketones (excluding diaryl/α,β-unsaturated/α-hetero) is 1. The molecule has 4 heterocycles. The smallest absolute Gasteiger partial charge is 0.335 e. The molecule has 4 aliphatic carbocycles. The molecule has 230 valence electrons. The normalized spacial score (nSPS) is 57.6. The van der Waals surface area contributed by atoms with E-state index in [9.17, 15) is 24.9 Å². The summed E-state index contributed by atoms with van der Waals surface area (Å²) in [7, 11) is 1.53. The average Bonchev–Trinajstić information content (AvgIpc) is 3.61. The molecule has 7 aliphatic rings. The summed E-state index contributed by atoms with van der Waals surface area (Å²) in [6.07, 6.45) is -0.758. The van der Waals surface area contributed by atoms with E-state index in [4.69, 9.17) is 28.1 Å². The molecule has 4 saturated carbocycles. The Bertz CT molecular complexity index is 1360. The maximum Gasteiger partial charge on any atom is 0.335 e. The third-order valence-corrected chi connectivity index (χ3v) is 12.8. The molecule has 8 rings (SSSR count). The number of rotatable bonds is 2. The third-order valence-electron chi connectivity index (χ3n) is 12.8. The fraction of sp³-hybridized carbons (Fsp3) is 0.806. The number of carbonyl (C=O) groups is 1. The number of carbonyl (C=O) groups excluding carboxylic acids is 1. The number of methoxy groups -OCH3 is 1. The van der Waals surface area contributed by atoms with Crippen LogP contribution in [0, 0.1) is 22.7 Å². The Morgan fingerprint density at radius 2 is 1.81 bits per heavy atom. The van der Waals surface area contributed by atoms with Gasteiger partial charge in [-0.25, -0.2) is 4.79 Å². The molecule has 7 fully saturated rings. The van der Waals surface area contributed by atoms with E-state index in [1.165, 1.54) is 19.4 Å². The second kappa shape index (κ2) is 8.51. The lowest BCUT2D eigenvalue weighted by Crippen LogP contribution is -2.76. The summed E-state index contributed by atoms with van der Waals surface area (Å²) in [5.74, 6) is -2.77. The van der Waals surface area contributed by atoms with Gasteiger partial charge in [-0.15, -0.1) is 0 Å². The SMILES string of the molecule is CO[C@@]12C[C@H](C)O[C@@H](O[C@@H]3C[C@@]4(C)C(C[C@@H]5O[C@]56[C@@H]4[C@H](O)C(=O)[C@]4(C)[C@@H](c5ccc(=O)oc5)CC[C@]64O)C[C@H]3O1)[C@@H]2O. The van der Waals surface area contributed by atoms with Gasteiger partial charge in [0.05, 0.1) is 36.1 Å². The van der Waals surface area contributed by atoms with Gasteiger partial charge in [-0.05, 0) is 68.9 Å². The van der Waals surface area contributed by atoms with Crippen LogP contribution in [-0.4, -0.2) is 88.1 Å². The molecule has 15 atom stereocenters. The molecular formula is C31H40O11. The van der Waals surface area contributed by atoms with Crippen molar-refractivity contribution < 1.29 is 48.2 Å². The molecule has 0 aromatic carbocycles. The van der Waals surface area contributed by atoms with Crippen molar-refractivity contribution in [3.8, 4) is 0 Å². The van der Waals surface area contributed by atoms with Crippen LogP contribution in [-0.2, 0) is 28.5 Å². The van der Waals surface area contributed by atoms with E-state index in [0.717, 1.165) is 0 Å². The first-order chi connectivity index (χ1) is 19.8. The standard InChI is InChI=1S/C31H40O11/c1-14-11-29(37-4)25(35)26(39-14)40-19-12-27(2)16(9-18(19)41-29)10-20-31(42-20)23(27)22(33)24(34)28(3)17(7-8-30(28,31)36)15-5-6-21(32)38-13-15/h5-6,13-14,16-20,22-23,25-26,33,35-36H,7-12H2,1-4H3/t14-,16?,17+,18+,19+,20-,22-,23+,25-,26-,27-,28-,29-,30+,31-/m0/s1. The quantitative estimate of drug-likeness (QED) is 0.339. The van der Waals surface area contributed by atoms with Gasteiger partial charge in [0.15, 0.2) is 18.2 Å². The molecule has 3 saturated heterocycles. The fourth-order valence-electron chi connectivity index (χ4n) is 10.8. The summed E-state index contributed by atoms with van der Waals surface area (Å²) >= 11 is 0. The van der Waals surface area contributed by atoms with Crippen molar-refractivity contribution in [2.24, 2.45) is 22.7 Å². The first-order valence-corrected chi connectivity index (χ1v) is 15.3. The summed E-state index contributed by atoms with van der Waals surface area (Å²) in [6.45, 7) is 5.71.